The van der Waals surface area contributed by atoms with Crippen LogP contribution in [0, 0.1) is 11.8 Å². The molecule has 1 N–H and O–H groups in total. The van der Waals surface area contributed by atoms with E-state index in [9.17, 15) is 9.59 Å². The molecule has 2 aliphatic heterocycles. The molecule has 0 radical (unpaired) electrons. The SMILES string of the molecule is COC(=O)[C@@H]1[C@@H](C(=O)O)[C@H]2CC[C@H]1O2. The average Bonchev–Trinajstić information content (AvgIpc) is 2.74. The molecule has 2 heterocycles. The quantitative estimate of drug-likeness (QED) is 0.637. The fraction of sp³-hybridized carbons (Fsp3) is 0.778. The maximum absolute atomic E-state index is 11.4. The van der Waals surface area contributed by atoms with Gasteiger partial charge in [-0.1, -0.05) is 0 Å². The lowest BCUT2D eigenvalue weighted by molar-refractivity contribution is -0.156. The van der Waals surface area contributed by atoms with Crippen LogP contribution in [0.1, 0.15) is 12.8 Å². The van der Waals surface area contributed by atoms with Gasteiger partial charge in [0.25, 0.3) is 0 Å². The number of aliphatic carboxylic acids is 1. The van der Waals surface area contributed by atoms with E-state index in [1.807, 2.05) is 0 Å². The molecule has 0 aromatic carbocycles. The summed E-state index contributed by atoms with van der Waals surface area (Å²) in [7, 11) is 1.27. The highest BCUT2D eigenvalue weighted by atomic mass is 16.5. The fourth-order valence-corrected chi connectivity index (χ4v) is 2.43. The highest BCUT2D eigenvalue weighted by molar-refractivity contribution is 5.83. The summed E-state index contributed by atoms with van der Waals surface area (Å²) in [5, 5.41) is 8.96. The van der Waals surface area contributed by atoms with E-state index >= 15 is 0 Å². The molecule has 0 amide bonds. The lowest BCUT2D eigenvalue weighted by atomic mass is 9.79. The van der Waals surface area contributed by atoms with E-state index in [4.69, 9.17) is 9.84 Å². The van der Waals surface area contributed by atoms with E-state index < -0.39 is 23.8 Å². The first-order valence-electron chi connectivity index (χ1n) is 4.61. The molecule has 2 saturated heterocycles. The van der Waals surface area contributed by atoms with Crippen LogP contribution in [0.3, 0.4) is 0 Å². The van der Waals surface area contributed by atoms with Crippen molar-refractivity contribution in [2.24, 2.45) is 11.8 Å². The second-order valence-corrected chi connectivity index (χ2v) is 3.70. The Morgan fingerprint density at radius 1 is 1.29 bits per heavy atom. The van der Waals surface area contributed by atoms with Crippen molar-refractivity contribution in [3.05, 3.63) is 0 Å². The maximum atomic E-state index is 11.4. The topological polar surface area (TPSA) is 72.8 Å². The highest BCUT2D eigenvalue weighted by Crippen LogP contribution is 2.43. The van der Waals surface area contributed by atoms with Gasteiger partial charge in [-0.25, -0.2) is 0 Å². The summed E-state index contributed by atoms with van der Waals surface area (Å²) < 4.78 is 9.98. The zero-order valence-corrected chi connectivity index (χ0v) is 7.80. The summed E-state index contributed by atoms with van der Waals surface area (Å²) in [5.41, 5.74) is 0. The summed E-state index contributed by atoms with van der Waals surface area (Å²) in [5.74, 6) is -2.77. The van der Waals surface area contributed by atoms with Gasteiger partial charge in [0.2, 0.25) is 0 Å². The van der Waals surface area contributed by atoms with E-state index in [0.29, 0.717) is 0 Å². The Morgan fingerprint density at radius 3 is 2.36 bits per heavy atom. The van der Waals surface area contributed by atoms with E-state index in [1.54, 1.807) is 0 Å². The van der Waals surface area contributed by atoms with Gasteiger partial charge >= 0.3 is 11.9 Å². The Morgan fingerprint density at radius 2 is 1.86 bits per heavy atom. The fourth-order valence-electron chi connectivity index (χ4n) is 2.43. The number of carbonyl (C=O) groups is 2. The normalized spacial score (nSPS) is 39.8. The predicted octanol–water partition coefficient (Wildman–Crippen LogP) is 0.0376. The Hall–Kier alpha value is -1.10. The lowest BCUT2D eigenvalue weighted by Gasteiger charge is -2.22. The second kappa shape index (κ2) is 3.24. The molecule has 78 valence electrons. The molecule has 0 aliphatic carbocycles. The number of hydrogen-bond donors (Lipinski definition) is 1. The largest absolute Gasteiger partial charge is 0.481 e. The molecule has 2 rings (SSSR count). The molecular weight excluding hydrogens is 188 g/mol. The van der Waals surface area contributed by atoms with Crippen LogP contribution >= 0.6 is 0 Å². The van der Waals surface area contributed by atoms with Crippen LogP contribution in [0.4, 0.5) is 0 Å². The Labute approximate surface area is 81.0 Å². The summed E-state index contributed by atoms with van der Waals surface area (Å²) in [6.07, 6.45) is 0.929. The first-order chi connectivity index (χ1) is 6.65. The minimum atomic E-state index is -0.965. The molecule has 14 heavy (non-hydrogen) atoms. The molecule has 0 saturated carbocycles. The van der Waals surface area contributed by atoms with Crippen LogP contribution in [0.5, 0.6) is 0 Å². The molecule has 0 spiro atoms. The molecule has 4 atom stereocenters. The van der Waals surface area contributed by atoms with Crippen LogP contribution in [-0.2, 0) is 19.1 Å². The van der Waals surface area contributed by atoms with E-state index in [2.05, 4.69) is 4.74 Å². The van der Waals surface area contributed by atoms with Gasteiger partial charge in [0, 0.05) is 0 Å². The monoisotopic (exact) mass is 200 g/mol. The molecular formula is C9H12O5. The number of esters is 1. The number of rotatable bonds is 2. The first kappa shape index (κ1) is 9.45. The van der Waals surface area contributed by atoms with Crippen molar-refractivity contribution >= 4 is 11.9 Å². The van der Waals surface area contributed by atoms with Crippen LogP contribution in [-0.4, -0.2) is 36.4 Å². The zero-order chi connectivity index (χ0) is 10.3. The average molecular weight is 200 g/mol. The Kier molecular flexibility index (Phi) is 2.19. The zero-order valence-electron chi connectivity index (χ0n) is 7.80. The number of carboxylic acid groups (broad SMARTS) is 1. The smallest absolute Gasteiger partial charge is 0.312 e. The number of methoxy groups -OCH3 is 1. The van der Waals surface area contributed by atoms with Crippen LogP contribution in [0.15, 0.2) is 0 Å². The maximum Gasteiger partial charge on any atom is 0.312 e. The second-order valence-electron chi connectivity index (χ2n) is 3.70. The van der Waals surface area contributed by atoms with E-state index in [-0.39, 0.29) is 12.2 Å². The summed E-state index contributed by atoms with van der Waals surface area (Å²) >= 11 is 0. The van der Waals surface area contributed by atoms with Crippen LogP contribution in [0.2, 0.25) is 0 Å². The van der Waals surface area contributed by atoms with Gasteiger partial charge in [-0.05, 0) is 12.8 Å². The van der Waals surface area contributed by atoms with Gasteiger partial charge in [-0.3, -0.25) is 9.59 Å². The molecule has 2 fully saturated rings. The molecule has 5 nitrogen and oxygen atoms in total. The molecule has 5 heteroatoms. The Bertz CT molecular complexity index is 274. The molecule has 0 unspecified atom stereocenters. The van der Waals surface area contributed by atoms with Crippen molar-refractivity contribution in [1.29, 1.82) is 0 Å². The van der Waals surface area contributed by atoms with Crippen molar-refractivity contribution in [3.8, 4) is 0 Å². The van der Waals surface area contributed by atoms with Gasteiger partial charge in [0.05, 0.1) is 31.2 Å². The van der Waals surface area contributed by atoms with Gasteiger partial charge in [-0.15, -0.1) is 0 Å². The summed E-state index contributed by atoms with van der Waals surface area (Å²) in [6.45, 7) is 0. The Balaban J connectivity index is 2.21. The lowest BCUT2D eigenvalue weighted by Crippen LogP contribution is -2.38. The van der Waals surface area contributed by atoms with Gasteiger partial charge < -0.3 is 14.6 Å². The number of fused-ring (bicyclic) bond motifs is 2. The summed E-state index contributed by atoms with van der Waals surface area (Å²) in [6, 6.07) is 0. The number of ether oxygens (including phenoxy) is 2. The van der Waals surface area contributed by atoms with Gasteiger partial charge in [-0.2, -0.15) is 0 Å². The number of carboxylic acids is 1. The molecule has 2 bridgehead atoms. The minimum Gasteiger partial charge on any atom is -0.481 e. The highest BCUT2D eigenvalue weighted by Gasteiger charge is 2.56. The third-order valence-electron chi connectivity index (χ3n) is 3.03. The molecule has 2 aliphatic rings. The van der Waals surface area contributed by atoms with Crippen LogP contribution in [0.25, 0.3) is 0 Å². The third-order valence-corrected chi connectivity index (χ3v) is 3.03. The van der Waals surface area contributed by atoms with Crippen molar-refractivity contribution < 1.29 is 24.2 Å². The number of hydrogen-bond acceptors (Lipinski definition) is 4. The van der Waals surface area contributed by atoms with E-state index in [1.165, 1.54) is 7.11 Å². The summed E-state index contributed by atoms with van der Waals surface area (Å²) in [4.78, 5) is 22.3. The molecule has 0 aromatic heterocycles. The standard InChI is InChI=1S/C9H12O5/c1-13-9(12)7-5-3-2-4(14-5)6(7)8(10)11/h4-7H,2-3H2,1H3,(H,10,11)/t4-,5-,6+,7+/m1/s1. The molecule has 0 aromatic rings. The van der Waals surface area contributed by atoms with Crippen molar-refractivity contribution in [1.82, 2.24) is 0 Å². The van der Waals surface area contributed by atoms with Crippen LogP contribution < -0.4 is 0 Å². The first-order valence-corrected chi connectivity index (χ1v) is 4.61. The third kappa shape index (κ3) is 1.19. The van der Waals surface area contributed by atoms with Gasteiger partial charge in [0.1, 0.15) is 0 Å². The predicted molar refractivity (Wildman–Crippen MR) is 44.5 cm³/mol. The van der Waals surface area contributed by atoms with E-state index in [0.717, 1.165) is 12.8 Å². The number of carbonyl (C=O) groups excluding carboxylic acids is 1. The van der Waals surface area contributed by atoms with Crippen molar-refractivity contribution in [2.75, 3.05) is 7.11 Å². The van der Waals surface area contributed by atoms with Crippen molar-refractivity contribution in [3.63, 3.8) is 0 Å². The van der Waals surface area contributed by atoms with Gasteiger partial charge in [0.15, 0.2) is 0 Å². The minimum absolute atomic E-state index is 0.256. The van der Waals surface area contributed by atoms with Crippen molar-refractivity contribution in [2.45, 2.75) is 25.0 Å².